The van der Waals surface area contributed by atoms with Crippen LogP contribution in [0, 0.1) is 0 Å². The molecule has 0 bridgehead atoms. The zero-order chi connectivity index (χ0) is 15.4. The van der Waals surface area contributed by atoms with Crippen LogP contribution in [0.4, 0.5) is 0 Å². The molecule has 0 aromatic rings. The summed E-state index contributed by atoms with van der Waals surface area (Å²) in [5, 5.41) is 2.39. The Balaban J connectivity index is 1.75. The van der Waals surface area contributed by atoms with E-state index in [1.807, 2.05) is 0 Å². The smallest absolute Gasteiger partial charge is 0.330 e. The molecule has 2 rings (SSSR count). The van der Waals surface area contributed by atoms with Gasteiger partial charge in [-0.3, -0.25) is 19.3 Å². The molecule has 2 heterocycles. The van der Waals surface area contributed by atoms with Crippen LogP contribution in [0.1, 0.15) is 26.2 Å². The lowest BCUT2D eigenvalue weighted by Gasteiger charge is -2.12. The molecule has 21 heavy (non-hydrogen) atoms. The molecule has 0 radical (unpaired) electrons. The van der Waals surface area contributed by atoms with Gasteiger partial charge >= 0.3 is 11.9 Å². The summed E-state index contributed by atoms with van der Waals surface area (Å²) in [4.78, 5) is 47.8. The lowest BCUT2D eigenvalue weighted by molar-refractivity contribution is -0.159. The summed E-state index contributed by atoms with van der Waals surface area (Å²) < 4.78 is 4.74. The number of thioether (sulfide) groups is 1. The highest BCUT2D eigenvalue weighted by Crippen LogP contribution is 2.25. The molecule has 0 saturated carbocycles. The van der Waals surface area contributed by atoms with Gasteiger partial charge in [-0.15, -0.1) is 11.8 Å². The van der Waals surface area contributed by atoms with Gasteiger partial charge in [0.05, 0.1) is 11.0 Å². The molecule has 0 spiro atoms. The van der Waals surface area contributed by atoms with Crippen molar-refractivity contribution in [1.29, 1.82) is 0 Å². The number of amides is 2. The number of likely N-dealkylation sites (tertiary alicyclic amines) is 1. The van der Waals surface area contributed by atoms with Crippen molar-refractivity contribution < 1.29 is 23.9 Å². The van der Waals surface area contributed by atoms with Crippen LogP contribution >= 0.6 is 11.8 Å². The second-order valence-corrected chi connectivity index (χ2v) is 6.11. The molecule has 2 fully saturated rings. The first-order chi connectivity index (χ1) is 10.0. The number of nitrogens with one attached hydrogen (secondary N) is 1. The van der Waals surface area contributed by atoms with Gasteiger partial charge in [0.15, 0.2) is 0 Å². The Kier molecular flexibility index (Phi) is 5.35. The zero-order valence-corrected chi connectivity index (χ0v) is 12.6. The second kappa shape index (κ2) is 7.04. The fraction of sp³-hybridized carbons (Fsp3) is 0.692. The molecule has 8 heteroatoms. The van der Waals surface area contributed by atoms with Crippen LogP contribution in [-0.2, 0) is 23.9 Å². The van der Waals surface area contributed by atoms with Crippen LogP contribution in [0.2, 0.25) is 0 Å². The molecule has 1 unspecified atom stereocenters. The summed E-state index contributed by atoms with van der Waals surface area (Å²) in [6.07, 6.45) is 1.65. The fourth-order valence-electron chi connectivity index (χ4n) is 2.38. The van der Waals surface area contributed by atoms with E-state index in [4.69, 9.17) is 4.74 Å². The summed E-state index contributed by atoms with van der Waals surface area (Å²) in [6.45, 7) is 2.81. The van der Waals surface area contributed by atoms with Gasteiger partial charge < -0.3 is 10.1 Å². The molecule has 2 saturated heterocycles. The highest BCUT2D eigenvalue weighted by Gasteiger charge is 2.38. The summed E-state index contributed by atoms with van der Waals surface area (Å²) >= 11 is 1.05. The predicted octanol–water partition coefficient (Wildman–Crippen LogP) is -0.311. The fourth-order valence-corrected chi connectivity index (χ4v) is 3.31. The molecule has 1 N–H and O–H groups in total. The van der Waals surface area contributed by atoms with Crippen molar-refractivity contribution in [2.75, 3.05) is 18.8 Å². The van der Waals surface area contributed by atoms with Crippen molar-refractivity contribution in [3.8, 4) is 0 Å². The molecular formula is C13H18N2O5S. The average Bonchev–Trinajstić information content (AvgIpc) is 3.05. The van der Waals surface area contributed by atoms with E-state index < -0.39 is 23.2 Å². The van der Waals surface area contributed by atoms with Gasteiger partial charge in [0, 0.05) is 13.0 Å². The first-order valence-corrected chi connectivity index (χ1v) is 8.01. The molecule has 2 atom stereocenters. The Bertz CT molecular complexity index is 461. The lowest BCUT2D eigenvalue weighted by atomic mass is 10.2. The Labute approximate surface area is 126 Å². The monoisotopic (exact) mass is 314 g/mol. The van der Waals surface area contributed by atoms with Gasteiger partial charge in [0.2, 0.25) is 11.8 Å². The van der Waals surface area contributed by atoms with Gasteiger partial charge in [0.25, 0.3) is 0 Å². The summed E-state index contributed by atoms with van der Waals surface area (Å²) in [5.41, 5.74) is 0. The highest BCUT2D eigenvalue weighted by molar-refractivity contribution is 8.01. The van der Waals surface area contributed by atoms with Crippen molar-refractivity contribution >= 4 is 35.5 Å². The predicted molar refractivity (Wildman–Crippen MR) is 75.4 cm³/mol. The van der Waals surface area contributed by atoms with E-state index in [0.29, 0.717) is 13.0 Å². The first kappa shape index (κ1) is 16.0. The minimum absolute atomic E-state index is 0.0999. The number of nitrogens with zero attached hydrogens (tertiary/aromatic N) is 1. The van der Waals surface area contributed by atoms with Crippen molar-refractivity contribution in [3.05, 3.63) is 0 Å². The third-order valence-electron chi connectivity index (χ3n) is 3.48. The first-order valence-electron chi connectivity index (χ1n) is 6.96. The molecule has 0 aromatic carbocycles. The van der Waals surface area contributed by atoms with Crippen LogP contribution in [0.3, 0.4) is 0 Å². The van der Waals surface area contributed by atoms with E-state index in [1.165, 1.54) is 4.90 Å². The topological polar surface area (TPSA) is 92.8 Å². The number of hydrogen-bond acceptors (Lipinski definition) is 7. The van der Waals surface area contributed by atoms with E-state index in [9.17, 15) is 19.2 Å². The number of ether oxygens (including phenoxy) is 1. The van der Waals surface area contributed by atoms with Gasteiger partial charge in [0.1, 0.15) is 6.04 Å². The largest absolute Gasteiger partial charge is 0.391 e. The van der Waals surface area contributed by atoms with Crippen molar-refractivity contribution in [3.63, 3.8) is 0 Å². The zero-order valence-electron chi connectivity index (χ0n) is 11.8. The van der Waals surface area contributed by atoms with Crippen LogP contribution < -0.4 is 5.32 Å². The van der Waals surface area contributed by atoms with Gasteiger partial charge in [-0.2, -0.15) is 0 Å². The van der Waals surface area contributed by atoms with E-state index >= 15 is 0 Å². The van der Waals surface area contributed by atoms with Crippen molar-refractivity contribution in [1.82, 2.24) is 10.2 Å². The number of hydrogen-bond donors (Lipinski definition) is 1. The van der Waals surface area contributed by atoms with E-state index in [0.717, 1.165) is 24.7 Å². The number of esters is 2. The number of carbonyl (C=O) groups excluding carboxylic acids is 4. The second-order valence-electron chi connectivity index (χ2n) is 4.92. The Morgan fingerprint density at radius 3 is 2.76 bits per heavy atom. The normalized spacial score (nSPS) is 25.5. The third kappa shape index (κ3) is 3.82. The van der Waals surface area contributed by atoms with Crippen molar-refractivity contribution in [2.24, 2.45) is 0 Å². The summed E-state index contributed by atoms with van der Waals surface area (Å²) in [5.74, 6) is -1.85. The van der Waals surface area contributed by atoms with E-state index in [2.05, 4.69) is 5.32 Å². The number of carbonyl (C=O) groups is 4. The quantitative estimate of drug-likeness (QED) is 0.422. The molecule has 0 aliphatic carbocycles. The van der Waals surface area contributed by atoms with Crippen LogP contribution in [0.5, 0.6) is 0 Å². The minimum Gasteiger partial charge on any atom is -0.391 e. The summed E-state index contributed by atoms with van der Waals surface area (Å²) in [7, 11) is 0. The van der Waals surface area contributed by atoms with Gasteiger partial charge in [-0.05, 0) is 26.3 Å². The average molecular weight is 314 g/mol. The standard InChI is InChI=1S/C13H18N2O5S/c1-2-15-10(16)6-9(12(15)18)21-7-11(17)20-13(19)8-4-3-5-14-8/h8-9,14H,2-7H2,1H3/t8-,9?/m0/s1. The van der Waals surface area contributed by atoms with Gasteiger partial charge in [-0.1, -0.05) is 0 Å². The molecular weight excluding hydrogens is 296 g/mol. The van der Waals surface area contributed by atoms with Crippen LogP contribution in [-0.4, -0.2) is 58.8 Å². The molecule has 2 aliphatic heterocycles. The number of imide groups is 1. The number of rotatable bonds is 5. The SMILES string of the molecule is CCN1C(=O)CC(SCC(=O)OC(=O)[C@@H]2CCCN2)C1=O. The van der Waals surface area contributed by atoms with E-state index in [1.54, 1.807) is 6.92 Å². The van der Waals surface area contributed by atoms with Crippen LogP contribution in [0.15, 0.2) is 0 Å². The van der Waals surface area contributed by atoms with Crippen molar-refractivity contribution in [2.45, 2.75) is 37.5 Å². The maximum Gasteiger partial charge on any atom is 0.330 e. The Morgan fingerprint density at radius 2 is 2.19 bits per heavy atom. The molecule has 7 nitrogen and oxygen atoms in total. The van der Waals surface area contributed by atoms with Crippen LogP contribution in [0.25, 0.3) is 0 Å². The lowest BCUT2D eigenvalue weighted by Crippen LogP contribution is -2.34. The Hall–Kier alpha value is -1.41. The highest BCUT2D eigenvalue weighted by atomic mass is 32.2. The minimum atomic E-state index is -0.672. The molecule has 2 amide bonds. The maximum atomic E-state index is 11.8. The molecule has 0 aromatic heterocycles. The summed E-state index contributed by atoms with van der Waals surface area (Å²) in [6, 6.07) is -0.413. The molecule has 116 valence electrons. The molecule has 2 aliphatic rings. The maximum absolute atomic E-state index is 11.8. The third-order valence-corrected chi connectivity index (χ3v) is 4.65. The van der Waals surface area contributed by atoms with E-state index in [-0.39, 0.29) is 24.0 Å². The Morgan fingerprint density at radius 1 is 1.43 bits per heavy atom. The van der Waals surface area contributed by atoms with Gasteiger partial charge in [-0.25, -0.2) is 4.79 Å².